The molecule has 0 saturated heterocycles. The molecule has 0 amide bonds. The molecule has 4 nitrogen and oxygen atoms in total. The molecular formula is H4LiO4PTiZr. The number of hydrogen-bond donors (Lipinski definition) is 3. The largest absolute Gasteiger partial charge is 1.00 e. The van der Waals surface area contributed by atoms with Gasteiger partial charge in [0.05, 0.1) is 0 Å². The summed E-state index contributed by atoms with van der Waals surface area (Å²) < 4.78 is 8.88. The molecule has 0 aromatic heterocycles. The van der Waals surface area contributed by atoms with Crippen molar-refractivity contribution in [2.24, 2.45) is 0 Å². The third-order valence-electron chi connectivity index (χ3n) is 0. The third kappa shape index (κ3) is 83.4. The van der Waals surface area contributed by atoms with Crippen molar-refractivity contribution in [1.82, 2.24) is 0 Å². The molecule has 0 spiro atoms. The van der Waals surface area contributed by atoms with Crippen molar-refractivity contribution in [3.05, 3.63) is 0 Å². The van der Waals surface area contributed by atoms with E-state index in [2.05, 4.69) is 0 Å². The molecule has 0 rings (SSSR count). The smallest absolute Gasteiger partial charge is 1.00 e. The Morgan fingerprint density at radius 1 is 1.25 bits per heavy atom. The summed E-state index contributed by atoms with van der Waals surface area (Å²) in [7, 11) is -4.64. The topological polar surface area (TPSA) is 77.8 Å². The molecule has 42 valence electrons. The minimum absolute atomic E-state index is 0. The van der Waals surface area contributed by atoms with Crippen LogP contribution in [0.3, 0.4) is 0 Å². The van der Waals surface area contributed by atoms with Crippen molar-refractivity contribution in [2.75, 3.05) is 0 Å². The first kappa shape index (κ1) is 22.4. The zero-order valence-electron chi connectivity index (χ0n) is 5.20. The van der Waals surface area contributed by atoms with Gasteiger partial charge in [-0.1, -0.05) is 0 Å². The van der Waals surface area contributed by atoms with Gasteiger partial charge in [-0.25, -0.2) is 4.57 Å². The molecule has 0 fully saturated rings. The fourth-order valence-electron chi connectivity index (χ4n) is 0. The van der Waals surface area contributed by atoms with Crippen LogP contribution in [0, 0.1) is 0 Å². The standard InChI is InChI=1S/Li.H3O4P.Ti.Zr.H/c;1-5(2,3)4;;;/h;(H3,1,2,3,4);;;/q+1;;;;-1. The molecular weight excluding hydrogens is 241 g/mol. The summed E-state index contributed by atoms with van der Waals surface area (Å²) in [6, 6.07) is 0. The molecule has 0 unspecified atom stereocenters. The van der Waals surface area contributed by atoms with Gasteiger partial charge in [0.25, 0.3) is 0 Å². The maximum Gasteiger partial charge on any atom is 1.00 e. The Balaban J connectivity index is -0.0000000133. The molecule has 8 heavy (non-hydrogen) atoms. The number of hydrogen-bond acceptors (Lipinski definition) is 1. The Morgan fingerprint density at radius 2 is 1.25 bits per heavy atom. The fourth-order valence-corrected chi connectivity index (χ4v) is 0. The Bertz CT molecular complexity index is 66.7. The van der Waals surface area contributed by atoms with Crippen LogP contribution >= 0.6 is 7.82 Å². The number of rotatable bonds is 0. The molecule has 0 aliphatic rings. The summed E-state index contributed by atoms with van der Waals surface area (Å²) in [5.74, 6) is 0. The first-order valence-corrected chi connectivity index (χ1v) is 2.35. The fraction of sp³-hybridized carbons (Fsp3) is 0. The van der Waals surface area contributed by atoms with Gasteiger partial charge in [-0.3, -0.25) is 0 Å². The third-order valence-corrected chi connectivity index (χ3v) is 0. The SMILES string of the molecule is O=P(O)(O)O.[H-].[Li+].[Ti].[Zr]. The molecule has 0 bridgehead atoms. The van der Waals surface area contributed by atoms with Gasteiger partial charge in [0.1, 0.15) is 0 Å². The van der Waals surface area contributed by atoms with E-state index < -0.39 is 7.82 Å². The van der Waals surface area contributed by atoms with E-state index in [9.17, 15) is 0 Å². The quantitative estimate of drug-likeness (QED) is 0.302. The van der Waals surface area contributed by atoms with Crippen LogP contribution in [0.4, 0.5) is 0 Å². The van der Waals surface area contributed by atoms with E-state index in [4.69, 9.17) is 19.2 Å². The van der Waals surface area contributed by atoms with E-state index in [1.165, 1.54) is 0 Å². The van der Waals surface area contributed by atoms with Crippen molar-refractivity contribution in [1.29, 1.82) is 0 Å². The predicted molar refractivity (Wildman–Crippen MR) is 15.4 cm³/mol. The first-order chi connectivity index (χ1) is 2.00. The summed E-state index contributed by atoms with van der Waals surface area (Å²) in [5, 5.41) is 0. The molecule has 3 N–H and O–H groups in total. The monoisotopic (exact) mass is 244 g/mol. The Labute approximate surface area is 94.3 Å². The van der Waals surface area contributed by atoms with E-state index in [0.29, 0.717) is 0 Å². The van der Waals surface area contributed by atoms with Gasteiger partial charge < -0.3 is 16.1 Å². The minimum Gasteiger partial charge on any atom is -1.00 e. The van der Waals surface area contributed by atoms with E-state index >= 15 is 0 Å². The molecule has 0 aromatic carbocycles. The molecule has 0 aliphatic carbocycles. The Morgan fingerprint density at radius 3 is 1.25 bits per heavy atom. The van der Waals surface area contributed by atoms with Crippen molar-refractivity contribution in [3.8, 4) is 0 Å². The van der Waals surface area contributed by atoms with Crippen LogP contribution in [0.1, 0.15) is 1.43 Å². The van der Waals surface area contributed by atoms with Crippen LogP contribution < -0.4 is 18.9 Å². The van der Waals surface area contributed by atoms with Crippen molar-refractivity contribution in [3.63, 3.8) is 0 Å². The molecule has 0 saturated carbocycles. The second-order valence-electron chi connectivity index (χ2n) is 0.513. The maximum absolute atomic E-state index is 8.88. The first-order valence-electron chi connectivity index (χ1n) is 0.783. The van der Waals surface area contributed by atoms with Crippen LogP contribution in [0.2, 0.25) is 0 Å². The van der Waals surface area contributed by atoms with Gasteiger partial charge in [0.15, 0.2) is 0 Å². The minimum atomic E-state index is -4.64. The van der Waals surface area contributed by atoms with E-state index in [-0.39, 0.29) is 68.2 Å². The van der Waals surface area contributed by atoms with E-state index in [0.717, 1.165) is 0 Å². The van der Waals surface area contributed by atoms with Crippen LogP contribution in [-0.4, -0.2) is 14.7 Å². The molecule has 0 aromatic rings. The predicted octanol–water partition coefficient (Wildman–Crippen LogP) is -3.82. The van der Waals surface area contributed by atoms with Crippen molar-refractivity contribution < 1.29 is 87.5 Å². The summed E-state index contributed by atoms with van der Waals surface area (Å²) in [5.41, 5.74) is 0. The van der Waals surface area contributed by atoms with Crippen LogP contribution in [-0.2, 0) is 52.5 Å². The zero-order valence-corrected chi connectivity index (χ0v) is 9.11. The summed E-state index contributed by atoms with van der Waals surface area (Å²) in [4.78, 5) is 21.6. The van der Waals surface area contributed by atoms with Crippen LogP contribution in [0.15, 0.2) is 0 Å². The molecule has 0 aliphatic heterocycles. The maximum atomic E-state index is 8.88. The summed E-state index contributed by atoms with van der Waals surface area (Å²) in [6.07, 6.45) is 0. The molecule has 0 heterocycles. The Hall–Kier alpha value is 2.30. The van der Waals surface area contributed by atoms with Crippen molar-refractivity contribution in [2.45, 2.75) is 0 Å². The second-order valence-corrected chi connectivity index (χ2v) is 1.54. The zero-order chi connectivity index (χ0) is 4.50. The van der Waals surface area contributed by atoms with E-state index in [1.807, 2.05) is 0 Å². The van der Waals surface area contributed by atoms with Gasteiger partial charge in [-0.2, -0.15) is 0 Å². The van der Waals surface area contributed by atoms with Gasteiger partial charge in [0, 0.05) is 47.9 Å². The summed E-state index contributed by atoms with van der Waals surface area (Å²) >= 11 is 0. The van der Waals surface area contributed by atoms with Crippen LogP contribution in [0.25, 0.3) is 0 Å². The van der Waals surface area contributed by atoms with Gasteiger partial charge >= 0.3 is 26.7 Å². The summed E-state index contributed by atoms with van der Waals surface area (Å²) in [6.45, 7) is 0. The molecule has 8 heteroatoms. The van der Waals surface area contributed by atoms with Crippen molar-refractivity contribution >= 4 is 7.82 Å². The van der Waals surface area contributed by atoms with Gasteiger partial charge in [0.2, 0.25) is 0 Å². The number of phosphoric acid groups is 1. The van der Waals surface area contributed by atoms with E-state index in [1.54, 1.807) is 0 Å². The Kier molecular flexibility index (Phi) is 26.1. The van der Waals surface area contributed by atoms with Gasteiger partial charge in [-0.15, -0.1) is 0 Å². The normalized spacial score (nSPS) is 7.38. The average Bonchev–Trinajstić information content (AvgIpc) is 0.722. The molecule has 0 radical (unpaired) electrons. The van der Waals surface area contributed by atoms with Gasteiger partial charge in [-0.05, 0) is 0 Å². The average molecular weight is 245 g/mol. The second kappa shape index (κ2) is 9.30. The van der Waals surface area contributed by atoms with Crippen LogP contribution in [0.5, 0.6) is 0 Å². The molecule has 0 atom stereocenters.